The lowest BCUT2D eigenvalue weighted by Crippen LogP contribution is -2.39. The van der Waals surface area contributed by atoms with Crippen LogP contribution >= 0.6 is 0 Å². The Balaban J connectivity index is 1.68. The summed E-state index contributed by atoms with van der Waals surface area (Å²) < 4.78 is 1.42. The van der Waals surface area contributed by atoms with Crippen molar-refractivity contribution in [2.45, 2.75) is 25.4 Å². The van der Waals surface area contributed by atoms with E-state index in [1.165, 1.54) is 10.9 Å². The van der Waals surface area contributed by atoms with E-state index in [0.717, 1.165) is 12.8 Å². The Labute approximate surface area is 98.4 Å². The lowest BCUT2D eigenvalue weighted by molar-refractivity contribution is -0.126. The molecule has 4 N–H and O–H groups in total. The summed E-state index contributed by atoms with van der Waals surface area (Å²) in [6.07, 6.45) is 5.09. The molecule has 7 nitrogen and oxygen atoms in total. The van der Waals surface area contributed by atoms with E-state index in [-0.39, 0.29) is 24.9 Å². The predicted molar refractivity (Wildman–Crippen MR) is 60.8 cm³/mol. The normalized spacial score (nSPS) is 14.4. The highest BCUT2D eigenvalue weighted by molar-refractivity contribution is 5.84. The van der Waals surface area contributed by atoms with Crippen LogP contribution in [0.2, 0.25) is 0 Å². The van der Waals surface area contributed by atoms with Gasteiger partial charge in [-0.2, -0.15) is 5.10 Å². The standard InChI is InChI=1S/C10H15N5O2/c11-7-3-13-15(5-7)6-10(17)12-4-9(16)14-8-1-2-8/h3,5,8H,1-2,4,6,11H2,(H,12,17)(H,14,16). The summed E-state index contributed by atoms with van der Waals surface area (Å²) in [5.41, 5.74) is 5.96. The van der Waals surface area contributed by atoms with Crippen molar-refractivity contribution in [3.63, 3.8) is 0 Å². The Morgan fingerprint density at radius 1 is 1.47 bits per heavy atom. The quantitative estimate of drug-likeness (QED) is 0.602. The van der Waals surface area contributed by atoms with E-state index in [0.29, 0.717) is 11.7 Å². The van der Waals surface area contributed by atoms with Crippen LogP contribution < -0.4 is 16.4 Å². The second-order valence-electron chi connectivity index (χ2n) is 4.09. The van der Waals surface area contributed by atoms with Crippen molar-refractivity contribution in [3.05, 3.63) is 12.4 Å². The van der Waals surface area contributed by atoms with Crippen LogP contribution in [0.3, 0.4) is 0 Å². The fourth-order valence-electron chi connectivity index (χ4n) is 1.35. The summed E-state index contributed by atoms with van der Waals surface area (Å²) in [6.45, 7) is 0.0694. The first-order valence-electron chi connectivity index (χ1n) is 5.47. The van der Waals surface area contributed by atoms with Gasteiger partial charge in [0.25, 0.3) is 0 Å². The molecule has 1 aliphatic carbocycles. The molecule has 2 rings (SSSR count). The fourth-order valence-corrected chi connectivity index (χ4v) is 1.35. The molecule has 1 aliphatic rings. The van der Waals surface area contributed by atoms with Crippen molar-refractivity contribution in [3.8, 4) is 0 Å². The van der Waals surface area contributed by atoms with Crippen LogP contribution in [0, 0.1) is 0 Å². The van der Waals surface area contributed by atoms with Crippen molar-refractivity contribution >= 4 is 17.5 Å². The SMILES string of the molecule is Nc1cnn(CC(=O)NCC(=O)NC2CC2)c1. The predicted octanol–water partition coefficient (Wildman–Crippen LogP) is -1.14. The lowest BCUT2D eigenvalue weighted by Gasteiger charge is -2.05. The third kappa shape index (κ3) is 3.78. The van der Waals surface area contributed by atoms with E-state index in [1.807, 2.05) is 0 Å². The number of nitrogen functional groups attached to an aromatic ring is 1. The van der Waals surface area contributed by atoms with Crippen LogP contribution in [0.5, 0.6) is 0 Å². The molecular formula is C10H15N5O2. The smallest absolute Gasteiger partial charge is 0.242 e. The molecule has 0 atom stereocenters. The van der Waals surface area contributed by atoms with Crippen LogP contribution in [0.1, 0.15) is 12.8 Å². The fraction of sp³-hybridized carbons (Fsp3) is 0.500. The number of amides is 2. The zero-order valence-corrected chi connectivity index (χ0v) is 9.35. The van der Waals surface area contributed by atoms with E-state index in [2.05, 4.69) is 15.7 Å². The number of nitrogens with zero attached hydrogens (tertiary/aromatic N) is 2. The molecule has 0 saturated heterocycles. The summed E-state index contributed by atoms with van der Waals surface area (Å²) in [5, 5.41) is 9.17. The van der Waals surface area contributed by atoms with Gasteiger partial charge in [-0.3, -0.25) is 14.3 Å². The molecule has 0 bridgehead atoms. The van der Waals surface area contributed by atoms with Crippen LogP contribution in [-0.4, -0.2) is 34.2 Å². The molecule has 0 radical (unpaired) electrons. The van der Waals surface area contributed by atoms with Crippen LogP contribution in [0.25, 0.3) is 0 Å². The van der Waals surface area contributed by atoms with Crippen molar-refractivity contribution in [2.75, 3.05) is 12.3 Å². The van der Waals surface area contributed by atoms with Gasteiger partial charge in [-0.05, 0) is 12.8 Å². The number of anilines is 1. The summed E-state index contributed by atoms with van der Waals surface area (Å²) in [6, 6.07) is 0.310. The molecule has 0 aromatic carbocycles. The largest absolute Gasteiger partial charge is 0.396 e. The highest BCUT2D eigenvalue weighted by atomic mass is 16.2. The van der Waals surface area contributed by atoms with Gasteiger partial charge in [-0.15, -0.1) is 0 Å². The van der Waals surface area contributed by atoms with E-state index < -0.39 is 0 Å². The van der Waals surface area contributed by atoms with Gasteiger partial charge in [0.1, 0.15) is 6.54 Å². The van der Waals surface area contributed by atoms with Crippen molar-refractivity contribution in [2.24, 2.45) is 0 Å². The van der Waals surface area contributed by atoms with Gasteiger partial charge in [0, 0.05) is 12.2 Å². The molecule has 1 aromatic heterocycles. The first-order chi connectivity index (χ1) is 8.13. The third-order valence-corrected chi connectivity index (χ3v) is 2.35. The lowest BCUT2D eigenvalue weighted by atomic mass is 10.5. The number of hydrogen-bond acceptors (Lipinski definition) is 4. The topological polar surface area (TPSA) is 102 Å². The minimum absolute atomic E-state index is 0.00604. The maximum atomic E-state index is 11.4. The average molecular weight is 237 g/mol. The van der Waals surface area contributed by atoms with Gasteiger partial charge in [-0.25, -0.2) is 0 Å². The Bertz CT molecular complexity index is 424. The third-order valence-electron chi connectivity index (χ3n) is 2.35. The van der Waals surface area contributed by atoms with Crippen LogP contribution in [0.4, 0.5) is 5.69 Å². The first-order valence-corrected chi connectivity index (χ1v) is 5.47. The number of nitrogens with one attached hydrogen (secondary N) is 2. The van der Waals surface area contributed by atoms with E-state index in [9.17, 15) is 9.59 Å². The highest BCUT2D eigenvalue weighted by Crippen LogP contribution is 2.18. The minimum Gasteiger partial charge on any atom is -0.396 e. The second kappa shape index (κ2) is 4.86. The maximum absolute atomic E-state index is 11.4. The van der Waals surface area contributed by atoms with E-state index in [4.69, 9.17) is 5.73 Å². The molecule has 2 amide bonds. The van der Waals surface area contributed by atoms with Crippen molar-refractivity contribution < 1.29 is 9.59 Å². The highest BCUT2D eigenvalue weighted by Gasteiger charge is 2.23. The molecule has 92 valence electrons. The van der Waals surface area contributed by atoms with E-state index >= 15 is 0 Å². The number of rotatable bonds is 5. The van der Waals surface area contributed by atoms with Gasteiger partial charge in [-0.1, -0.05) is 0 Å². The van der Waals surface area contributed by atoms with E-state index in [1.54, 1.807) is 6.20 Å². The minimum atomic E-state index is -0.265. The number of aromatic nitrogens is 2. The monoisotopic (exact) mass is 237 g/mol. The van der Waals surface area contributed by atoms with Gasteiger partial charge < -0.3 is 16.4 Å². The molecule has 7 heteroatoms. The molecule has 1 aromatic rings. The van der Waals surface area contributed by atoms with Gasteiger partial charge in [0.15, 0.2) is 0 Å². The Kier molecular flexibility index (Phi) is 3.27. The molecule has 0 spiro atoms. The second-order valence-corrected chi connectivity index (χ2v) is 4.09. The number of nitrogens with two attached hydrogens (primary N) is 1. The van der Waals surface area contributed by atoms with Gasteiger partial charge >= 0.3 is 0 Å². The van der Waals surface area contributed by atoms with Gasteiger partial charge in [0.2, 0.25) is 11.8 Å². The molecule has 1 saturated carbocycles. The summed E-state index contributed by atoms with van der Waals surface area (Å²) in [4.78, 5) is 22.7. The van der Waals surface area contributed by atoms with Gasteiger partial charge in [0.05, 0.1) is 18.4 Å². The van der Waals surface area contributed by atoms with Crippen LogP contribution in [-0.2, 0) is 16.1 Å². The average Bonchev–Trinajstić information content (AvgIpc) is 2.99. The Hall–Kier alpha value is -2.05. The maximum Gasteiger partial charge on any atom is 0.242 e. The summed E-state index contributed by atoms with van der Waals surface area (Å²) in [7, 11) is 0. The van der Waals surface area contributed by atoms with Crippen LogP contribution in [0.15, 0.2) is 12.4 Å². The Morgan fingerprint density at radius 3 is 2.82 bits per heavy atom. The van der Waals surface area contributed by atoms with Crippen molar-refractivity contribution in [1.29, 1.82) is 0 Å². The van der Waals surface area contributed by atoms with Crippen molar-refractivity contribution in [1.82, 2.24) is 20.4 Å². The zero-order valence-electron chi connectivity index (χ0n) is 9.35. The molecular weight excluding hydrogens is 222 g/mol. The molecule has 0 aliphatic heterocycles. The molecule has 1 fully saturated rings. The summed E-state index contributed by atoms with van der Waals surface area (Å²) >= 11 is 0. The number of carbonyl (C=O) groups excluding carboxylic acids is 2. The molecule has 17 heavy (non-hydrogen) atoms. The zero-order chi connectivity index (χ0) is 12.3. The summed E-state index contributed by atoms with van der Waals surface area (Å²) in [5.74, 6) is -0.417. The Morgan fingerprint density at radius 2 is 2.24 bits per heavy atom. The first kappa shape index (κ1) is 11.4. The number of hydrogen-bond donors (Lipinski definition) is 3. The molecule has 0 unspecified atom stereocenters. The molecule has 1 heterocycles. The number of carbonyl (C=O) groups is 2.